The van der Waals surface area contributed by atoms with E-state index in [-0.39, 0.29) is 5.91 Å². The Morgan fingerprint density at radius 3 is 2.70 bits per heavy atom. The van der Waals surface area contributed by atoms with Crippen LogP contribution in [0.3, 0.4) is 0 Å². The summed E-state index contributed by atoms with van der Waals surface area (Å²) in [6.45, 7) is 0.426. The number of anilines is 1. The second kappa shape index (κ2) is 6.86. The number of halogens is 1. The smallest absolute Gasteiger partial charge is 0.245 e. The maximum absolute atomic E-state index is 12.7. The SMILES string of the molecule is N[C@H]1CSc2ccc(C=O)cc2N(Cc2ccc(Br)cc2)C1=O. The fourth-order valence-electron chi connectivity index (χ4n) is 2.45. The molecule has 3 rings (SSSR count). The van der Waals surface area contributed by atoms with Crippen molar-refractivity contribution in [2.75, 3.05) is 10.7 Å². The number of nitrogens with zero attached hydrogens (tertiary/aromatic N) is 1. The number of carbonyl (C=O) groups is 2. The van der Waals surface area contributed by atoms with Gasteiger partial charge in [-0.05, 0) is 29.8 Å². The predicted molar refractivity (Wildman–Crippen MR) is 95.9 cm³/mol. The van der Waals surface area contributed by atoms with Gasteiger partial charge in [0.25, 0.3) is 0 Å². The van der Waals surface area contributed by atoms with E-state index in [2.05, 4.69) is 15.9 Å². The first-order chi connectivity index (χ1) is 11.1. The van der Waals surface area contributed by atoms with Crippen molar-refractivity contribution in [3.05, 3.63) is 58.1 Å². The molecule has 6 heteroatoms. The molecule has 2 aromatic carbocycles. The maximum atomic E-state index is 12.7. The lowest BCUT2D eigenvalue weighted by atomic mass is 10.1. The number of carbonyl (C=O) groups excluding carboxylic acids is 2. The Hall–Kier alpha value is -1.63. The third-order valence-electron chi connectivity index (χ3n) is 3.67. The molecular formula is C17H15BrN2O2S. The van der Waals surface area contributed by atoms with Crippen LogP contribution in [0, 0.1) is 0 Å². The zero-order valence-corrected chi connectivity index (χ0v) is 14.6. The van der Waals surface area contributed by atoms with Crippen LogP contribution in [0.4, 0.5) is 5.69 Å². The highest BCUT2D eigenvalue weighted by Crippen LogP contribution is 2.35. The van der Waals surface area contributed by atoms with Gasteiger partial charge in [0, 0.05) is 20.7 Å². The first-order valence-corrected chi connectivity index (χ1v) is 8.90. The van der Waals surface area contributed by atoms with Gasteiger partial charge in [-0.25, -0.2) is 0 Å². The molecule has 1 atom stereocenters. The van der Waals surface area contributed by atoms with E-state index in [1.54, 1.807) is 28.8 Å². The number of rotatable bonds is 3. The van der Waals surface area contributed by atoms with Gasteiger partial charge in [-0.15, -0.1) is 11.8 Å². The Morgan fingerprint density at radius 2 is 2.00 bits per heavy atom. The van der Waals surface area contributed by atoms with E-state index in [4.69, 9.17) is 5.73 Å². The minimum Gasteiger partial charge on any atom is -0.319 e. The molecule has 0 unspecified atom stereocenters. The zero-order valence-electron chi connectivity index (χ0n) is 12.2. The summed E-state index contributed by atoms with van der Waals surface area (Å²) in [7, 11) is 0. The Labute approximate surface area is 147 Å². The lowest BCUT2D eigenvalue weighted by Gasteiger charge is -2.24. The third kappa shape index (κ3) is 3.49. The summed E-state index contributed by atoms with van der Waals surface area (Å²) in [6.07, 6.45) is 0.790. The minimum atomic E-state index is -0.553. The third-order valence-corrected chi connectivity index (χ3v) is 5.38. The van der Waals surface area contributed by atoms with E-state index in [9.17, 15) is 9.59 Å². The number of hydrogen-bond acceptors (Lipinski definition) is 4. The summed E-state index contributed by atoms with van der Waals surface area (Å²) < 4.78 is 0.986. The number of aldehydes is 1. The van der Waals surface area contributed by atoms with Gasteiger partial charge >= 0.3 is 0 Å². The molecule has 23 heavy (non-hydrogen) atoms. The molecule has 1 aliphatic heterocycles. The monoisotopic (exact) mass is 390 g/mol. The molecule has 0 bridgehead atoms. The standard InChI is InChI=1S/C17H15BrN2O2S/c18-13-4-1-11(2-5-13)8-20-15-7-12(9-21)3-6-16(15)23-10-14(19)17(20)22/h1-7,9,14H,8,10,19H2/t14-/m0/s1. The van der Waals surface area contributed by atoms with Crippen molar-refractivity contribution < 1.29 is 9.59 Å². The number of nitrogens with two attached hydrogens (primary N) is 1. The van der Waals surface area contributed by atoms with Crippen molar-refractivity contribution in [1.29, 1.82) is 0 Å². The Morgan fingerprint density at radius 1 is 1.26 bits per heavy atom. The van der Waals surface area contributed by atoms with Crippen LogP contribution in [-0.2, 0) is 11.3 Å². The van der Waals surface area contributed by atoms with E-state index >= 15 is 0 Å². The summed E-state index contributed by atoms with van der Waals surface area (Å²) in [4.78, 5) is 26.4. The van der Waals surface area contributed by atoms with Crippen molar-refractivity contribution in [2.24, 2.45) is 5.73 Å². The molecule has 0 radical (unpaired) electrons. The van der Waals surface area contributed by atoms with Gasteiger partial charge in [0.15, 0.2) is 0 Å². The van der Waals surface area contributed by atoms with Gasteiger partial charge in [0.2, 0.25) is 5.91 Å². The fourth-order valence-corrected chi connectivity index (χ4v) is 3.69. The second-order valence-electron chi connectivity index (χ2n) is 5.31. The summed E-state index contributed by atoms with van der Waals surface area (Å²) in [5.74, 6) is 0.408. The van der Waals surface area contributed by atoms with E-state index in [1.165, 1.54) is 0 Å². The van der Waals surface area contributed by atoms with Gasteiger partial charge in [-0.3, -0.25) is 9.59 Å². The molecule has 1 amide bonds. The Kier molecular flexibility index (Phi) is 4.84. The summed E-state index contributed by atoms with van der Waals surface area (Å²) in [5, 5.41) is 0. The van der Waals surface area contributed by atoms with E-state index < -0.39 is 6.04 Å². The van der Waals surface area contributed by atoms with Crippen molar-refractivity contribution >= 4 is 45.6 Å². The minimum absolute atomic E-state index is 0.123. The number of thioether (sulfide) groups is 1. The van der Waals surface area contributed by atoms with Crippen molar-refractivity contribution in [3.63, 3.8) is 0 Å². The van der Waals surface area contributed by atoms with E-state index in [0.717, 1.165) is 26.9 Å². The normalized spacial score (nSPS) is 17.6. The average molecular weight is 391 g/mol. The van der Waals surface area contributed by atoms with E-state index in [1.807, 2.05) is 30.3 Å². The molecule has 0 saturated carbocycles. The Balaban J connectivity index is 2.02. The number of amides is 1. The van der Waals surface area contributed by atoms with Crippen LogP contribution in [0.2, 0.25) is 0 Å². The average Bonchev–Trinajstić information content (AvgIpc) is 2.68. The largest absolute Gasteiger partial charge is 0.319 e. The fraction of sp³-hybridized carbons (Fsp3) is 0.176. The summed E-state index contributed by atoms with van der Waals surface area (Å²) in [5.41, 5.74) is 8.31. The van der Waals surface area contributed by atoms with Gasteiger partial charge in [-0.2, -0.15) is 0 Å². The van der Waals surface area contributed by atoms with Crippen LogP contribution >= 0.6 is 27.7 Å². The van der Waals surface area contributed by atoms with Crippen LogP contribution in [0.25, 0.3) is 0 Å². The topological polar surface area (TPSA) is 63.4 Å². The van der Waals surface area contributed by atoms with Crippen LogP contribution in [0.5, 0.6) is 0 Å². The molecule has 0 aliphatic carbocycles. The highest BCUT2D eigenvalue weighted by molar-refractivity contribution is 9.10. The maximum Gasteiger partial charge on any atom is 0.245 e. The van der Waals surface area contributed by atoms with Gasteiger partial charge in [0.1, 0.15) is 6.29 Å². The van der Waals surface area contributed by atoms with Gasteiger partial charge in [-0.1, -0.05) is 34.1 Å². The molecule has 1 heterocycles. The molecular weight excluding hydrogens is 376 g/mol. The van der Waals surface area contributed by atoms with Crippen molar-refractivity contribution in [1.82, 2.24) is 0 Å². The number of fused-ring (bicyclic) bond motifs is 1. The number of hydrogen-bond donors (Lipinski definition) is 1. The van der Waals surface area contributed by atoms with E-state index in [0.29, 0.717) is 17.9 Å². The summed E-state index contributed by atoms with van der Waals surface area (Å²) in [6, 6.07) is 12.6. The van der Waals surface area contributed by atoms with Crippen LogP contribution in [0.1, 0.15) is 15.9 Å². The highest BCUT2D eigenvalue weighted by Gasteiger charge is 2.28. The molecule has 0 saturated heterocycles. The molecule has 0 aromatic heterocycles. The first kappa shape index (κ1) is 16.2. The molecule has 0 spiro atoms. The Bertz CT molecular complexity index is 749. The van der Waals surface area contributed by atoms with Crippen molar-refractivity contribution in [2.45, 2.75) is 17.5 Å². The first-order valence-electron chi connectivity index (χ1n) is 7.12. The van der Waals surface area contributed by atoms with Crippen LogP contribution < -0.4 is 10.6 Å². The molecule has 0 fully saturated rings. The van der Waals surface area contributed by atoms with Gasteiger partial charge in [0.05, 0.1) is 18.3 Å². The van der Waals surface area contributed by atoms with Crippen LogP contribution in [-0.4, -0.2) is 24.0 Å². The summed E-state index contributed by atoms with van der Waals surface area (Å²) >= 11 is 4.95. The molecule has 4 nitrogen and oxygen atoms in total. The zero-order chi connectivity index (χ0) is 16.4. The van der Waals surface area contributed by atoms with Crippen molar-refractivity contribution in [3.8, 4) is 0 Å². The number of benzene rings is 2. The molecule has 1 aliphatic rings. The second-order valence-corrected chi connectivity index (χ2v) is 7.29. The quantitative estimate of drug-likeness (QED) is 0.817. The molecule has 118 valence electrons. The van der Waals surface area contributed by atoms with Gasteiger partial charge < -0.3 is 10.6 Å². The lowest BCUT2D eigenvalue weighted by Crippen LogP contribution is -2.44. The molecule has 2 aromatic rings. The highest BCUT2D eigenvalue weighted by atomic mass is 79.9. The lowest BCUT2D eigenvalue weighted by molar-refractivity contribution is -0.119. The molecule has 2 N–H and O–H groups in total. The van der Waals surface area contributed by atoms with Crippen LogP contribution in [0.15, 0.2) is 51.8 Å². The predicted octanol–water partition coefficient (Wildman–Crippen LogP) is 3.23.